The molecule has 6 heteroatoms. The molecule has 112 valence electrons. The van der Waals surface area contributed by atoms with E-state index in [0.29, 0.717) is 17.3 Å². The van der Waals surface area contributed by atoms with Gasteiger partial charge in [-0.2, -0.15) is 0 Å². The first-order valence-electron chi connectivity index (χ1n) is 6.94. The molecule has 1 aromatic carbocycles. The second-order valence-corrected chi connectivity index (χ2v) is 5.78. The maximum Gasteiger partial charge on any atom is 0.291 e. The van der Waals surface area contributed by atoms with Gasteiger partial charge in [-0.05, 0) is 25.0 Å². The van der Waals surface area contributed by atoms with Gasteiger partial charge in [-0.15, -0.1) is 5.10 Å². The summed E-state index contributed by atoms with van der Waals surface area (Å²) in [6, 6.07) is 7.55. The van der Waals surface area contributed by atoms with Crippen molar-refractivity contribution in [3.63, 3.8) is 0 Å². The normalized spacial score (nSPS) is 12.4. The minimum atomic E-state index is -0.280. The Balaban J connectivity index is 1.97. The van der Waals surface area contributed by atoms with Crippen LogP contribution in [-0.2, 0) is 6.42 Å². The lowest BCUT2D eigenvalue weighted by Crippen LogP contribution is -2.34. The summed E-state index contributed by atoms with van der Waals surface area (Å²) in [4.78, 5) is 16.3. The van der Waals surface area contributed by atoms with Crippen LogP contribution in [0.2, 0.25) is 5.02 Å². The van der Waals surface area contributed by atoms with Gasteiger partial charge in [0.2, 0.25) is 5.82 Å². The lowest BCUT2D eigenvalue weighted by atomic mass is 10.1. The van der Waals surface area contributed by atoms with E-state index < -0.39 is 0 Å². The summed E-state index contributed by atoms with van der Waals surface area (Å²) >= 11 is 6.12. The van der Waals surface area contributed by atoms with Gasteiger partial charge in [0, 0.05) is 17.0 Å². The maximum atomic E-state index is 12.1. The molecule has 2 N–H and O–H groups in total. The number of nitrogens with one attached hydrogen (secondary N) is 2. The Morgan fingerprint density at radius 2 is 2.05 bits per heavy atom. The van der Waals surface area contributed by atoms with E-state index in [0.717, 1.165) is 5.56 Å². The van der Waals surface area contributed by atoms with E-state index in [4.69, 9.17) is 11.6 Å². The molecular weight excluding hydrogens is 288 g/mol. The van der Waals surface area contributed by atoms with Crippen LogP contribution in [0, 0.1) is 0 Å². The number of hydrogen-bond donors (Lipinski definition) is 2. The summed E-state index contributed by atoms with van der Waals surface area (Å²) in [5.74, 6) is 0.806. The standard InChI is InChI=1S/C15H19ClN4O/c1-9(2)13-18-14(20-19-13)15(21)17-10(3)8-11-6-4-5-7-12(11)16/h4-7,9-10H,8H2,1-3H3,(H,17,21)(H,18,19,20). The van der Waals surface area contributed by atoms with Crippen molar-refractivity contribution in [2.75, 3.05) is 0 Å². The smallest absolute Gasteiger partial charge is 0.291 e. The Hall–Kier alpha value is -1.88. The predicted octanol–water partition coefficient (Wildman–Crippen LogP) is 2.94. The van der Waals surface area contributed by atoms with Gasteiger partial charge in [-0.3, -0.25) is 9.89 Å². The van der Waals surface area contributed by atoms with E-state index in [1.165, 1.54) is 0 Å². The summed E-state index contributed by atoms with van der Waals surface area (Å²) in [5, 5.41) is 10.3. The second kappa shape index (κ2) is 6.72. The zero-order valence-corrected chi connectivity index (χ0v) is 13.1. The van der Waals surface area contributed by atoms with Gasteiger partial charge in [0.15, 0.2) is 0 Å². The van der Waals surface area contributed by atoms with Gasteiger partial charge in [0.05, 0.1) is 0 Å². The largest absolute Gasteiger partial charge is 0.346 e. The molecule has 0 bridgehead atoms. The van der Waals surface area contributed by atoms with Gasteiger partial charge in [0.1, 0.15) is 5.82 Å². The minimum absolute atomic E-state index is 0.0570. The van der Waals surface area contributed by atoms with Gasteiger partial charge >= 0.3 is 0 Å². The highest BCUT2D eigenvalue weighted by Crippen LogP contribution is 2.16. The Kier molecular flexibility index (Phi) is 4.96. The van der Waals surface area contributed by atoms with Crippen LogP contribution in [0.1, 0.15) is 48.7 Å². The van der Waals surface area contributed by atoms with Crippen molar-refractivity contribution in [1.82, 2.24) is 20.5 Å². The fourth-order valence-corrected chi connectivity index (χ4v) is 2.18. The monoisotopic (exact) mass is 306 g/mol. The summed E-state index contributed by atoms with van der Waals surface area (Å²) in [6.07, 6.45) is 0.660. The molecule has 2 aromatic rings. The number of aromatic nitrogens is 3. The molecule has 5 nitrogen and oxygen atoms in total. The highest BCUT2D eigenvalue weighted by molar-refractivity contribution is 6.31. The average molecular weight is 307 g/mol. The van der Waals surface area contributed by atoms with Gasteiger partial charge in [0.25, 0.3) is 5.91 Å². The third-order valence-electron chi connectivity index (χ3n) is 3.11. The molecule has 1 aromatic heterocycles. The third-order valence-corrected chi connectivity index (χ3v) is 3.48. The number of aromatic amines is 1. The number of nitrogens with zero attached hydrogens (tertiary/aromatic N) is 2. The molecule has 0 aliphatic heterocycles. The van der Waals surface area contributed by atoms with E-state index in [2.05, 4.69) is 20.5 Å². The molecule has 1 atom stereocenters. The molecule has 1 amide bonds. The molecule has 0 spiro atoms. The van der Waals surface area contributed by atoms with Crippen LogP contribution in [0.4, 0.5) is 0 Å². The first kappa shape index (κ1) is 15.5. The number of amides is 1. The van der Waals surface area contributed by atoms with Crippen LogP contribution < -0.4 is 5.32 Å². The molecule has 0 fully saturated rings. The number of carbonyl (C=O) groups excluding carboxylic acids is 1. The quantitative estimate of drug-likeness (QED) is 0.892. The Morgan fingerprint density at radius 3 is 2.67 bits per heavy atom. The number of halogens is 1. The Morgan fingerprint density at radius 1 is 1.33 bits per heavy atom. The molecule has 0 aliphatic carbocycles. The zero-order chi connectivity index (χ0) is 15.4. The molecule has 0 saturated heterocycles. The molecule has 2 rings (SSSR count). The first-order chi connectivity index (χ1) is 9.97. The molecule has 21 heavy (non-hydrogen) atoms. The second-order valence-electron chi connectivity index (χ2n) is 5.37. The van der Waals surface area contributed by atoms with Crippen molar-refractivity contribution in [1.29, 1.82) is 0 Å². The van der Waals surface area contributed by atoms with Crippen molar-refractivity contribution in [2.24, 2.45) is 0 Å². The third kappa shape index (κ3) is 4.04. The number of H-pyrrole nitrogens is 1. The van der Waals surface area contributed by atoms with Crippen molar-refractivity contribution in [3.05, 3.63) is 46.5 Å². The molecule has 1 unspecified atom stereocenters. The van der Waals surface area contributed by atoms with Crippen LogP contribution in [-0.4, -0.2) is 27.1 Å². The molecule has 0 radical (unpaired) electrons. The summed E-state index contributed by atoms with van der Waals surface area (Å²) < 4.78 is 0. The zero-order valence-electron chi connectivity index (χ0n) is 12.4. The summed E-state index contributed by atoms with van der Waals surface area (Å²) in [6.45, 7) is 5.90. The van der Waals surface area contributed by atoms with Crippen LogP contribution in [0.3, 0.4) is 0 Å². The van der Waals surface area contributed by atoms with E-state index in [-0.39, 0.29) is 23.7 Å². The number of carbonyl (C=O) groups is 1. The summed E-state index contributed by atoms with van der Waals surface area (Å²) in [5.41, 5.74) is 1.00. The highest BCUT2D eigenvalue weighted by atomic mass is 35.5. The van der Waals surface area contributed by atoms with E-state index >= 15 is 0 Å². The summed E-state index contributed by atoms with van der Waals surface area (Å²) in [7, 11) is 0. The SMILES string of the molecule is CC(Cc1ccccc1Cl)NC(=O)c1n[nH]c(C(C)C)n1. The molecule has 0 saturated carbocycles. The Bertz CT molecular complexity index is 624. The first-order valence-corrected chi connectivity index (χ1v) is 7.31. The number of hydrogen-bond acceptors (Lipinski definition) is 3. The predicted molar refractivity (Wildman–Crippen MR) is 82.6 cm³/mol. The molecule has 0 aliphatic rings. The number of rotatable bonds is 5. The van der Waals surface area contributed by atoms with E-state index in [9.17, 15) is 4.79 Å². The average Bonchev–Trinajstić information content (AvgIpc) is 2.91. The van der Waals surface area contributed by atoms with E-state index in [1.807, 2.05) is 45.0 Å². The topological polar surface area (TPSA) is 70.7 Å². The van der Waals surface area contributed by atoms with Crippen molar-refractivity contribution in [2.45, 2.75) is 39.2 Å². The Labute approximate surface area is 129 Å². The van der Waals surface area contributed by atoms with Crippen LogP contribution in [0.25, 0.3) is 0 Å². The van der Waals surface area contributed by atoms with Crippen molar-refractivity contribution in [3.8, 4) is 0 Å². The molecular formula is C15H19ClN4O. The van der Waals surface area contributed by atoms with Crippen molar-refractivity contribution >= 4 is 17.5 Å². The fraction of sp³-hybridized carbons (Fsp3) is 0.400. The van der Waals surface area contributed by atoms with Crippen LogP contribution in [0.15, 0.2) is 24.3 Å². The van der Waals surface area contributed by atoms with Crippen LogP contribution in [0.5, 0.6) is 0 Å². The van der Waals surface area contributed by atoms with Gasteiger partial charge in [-0.1, -0.05) is 43.6 Å². The lowest BCUT2D eigenvalue weighted by Gasteiger charge is -2.13. The number of benzene rings is 1. The highest BCUT2D eigenvalue weighted by Gasteiger charge is 2.16. The minimum Gasteiger partial charge on any atom is -0.346 e. The van der Waals surface area contributed by atoms with Crippen LogP contribution >= 0.6 is 11.6 Å². The lowest BCUT2D eigenvalue weighted by molar-refractivity contribution is 0.0930. The van der Waals surface area contributed by atoms with Gasteiger partial charge < -0.3 is 5.32 Å². The fourth-order valence-electron chi connectivity index (χ4n) is 1.97. The van der Waals surface area contributed by atoms with E-state index in [1.54, 1.807) is 0 Å². The maximum absolute atomic E-state index is 12.1. The van der Waals surface area contributed by atoms with Crippen molar-refractivity contribution < 1.29 is 4.79 Å². The van der Waals surface area contributed by atoms with Gasteiger partial charge in [-0.25, -0.2) is 4.98 Å². The molecule has 1 heterocycles.